The molecule has 0 aliphatic carbocycles. The van der Waals surface area contributed by atoms with Crippen molar-refractivity contribution >= 4 is 23.0 Å². The Balaban J connectivity index is 1.79. The van der Waals surface area contributed by atoms with E-state index in [0.29, 0.717) is 24.6 Å². The highest BCUT2D eigenvalue weighted by molar-refractivity contribution is 8.13. The normalized spacial score (nSPS) is 25.9. The second kappa shape index (κ2) is 15.5. The molecule has 2 aliphatic heterocycles. The standard InChI is InChI=1S/C32H45NO6S/c1-7-9-10-24(4)17-30(34)38-21-26-18-28(14-11-23(3)8-2)39-32(19-26,37-6)29-22-40-31(35)33(29)20-25-12-15-27(36-5)16-13-25/h7-8,12-13,15-17,23,26,28-29H,1-2,9-11,14,18-22H2,3-6H3/b24-17-/t23-,26-,28?,29+,32-/m1/s1. The summed E-state index contributed by atoms with van der Waals surface area (Å²) in [6.45, 7) is 12.4. The molecule has 0 bridgehead atoms. The maximum Gasteiger partial charge on any atom is 0.330 e. The number of carbonyl (C=O) groups is 2. The summed E-state index contributed by atoms with van der Waals surface area (Å²) >= 11 is 1.29. The molecule has 1 unspecified atom stereocenters. The molecule has 3 rings (SSSR count). The average molecular weight is 572 g/mol. The Morgan fingerprint density at radius 3 is 2.67 bits per heavy atom. The van der Waals surface area contributed by atoms with E-state index in [1.807, 2.05) is 48.2 Å². The third kappa shape index (κ3) is 8.72. The number of esters is 1. The highest BCUT2D eigenvalue weighted by Gasteiger charge is 2.53. The van der Waals surface area contributed by atoms with Gasteiger partial charge in [-0.1, -0.05) is 48.5 Å². The number of nitrogens with zero attached hydrogens (tertiary/aromatic N) is 1. The summed E-state index contributed by atoms with van der Waals surface area (Å²) in [5, 5.41) is 0.00589. The van der Waals surface area contributed by atoms with Gasteiger partial charge in [-0.2, -0.15) is 0 Å². The van der Waals surface area contributed by atoms with E-state index in [9.17, 15) is 9.59 Å². The molecule has 2 saturated heterocycles. The van der Waals surface area contributed by atoms with E-state index in [-0.39, 0.29) is 35.9 Å². The summed E-state index contributed by atoms with van der Waals surface area (Å²) in [4.78, 5) is 27.5. The van der Waals surface area contributed by atoms with Crippen molar-refractivity contribution in [2.24, 2.45) is 11.8 Å². The fourth-order valence-corrected chi connectivity index (χ4v) is 6.44. The maximum atomic E-state index is 13.1. The van der Waals surface area contributed by atoms with E-state index in [2.05, 4.69) is 20.1 Å². The second-order valence-electron chi connectivity index (χ2n) is 10.9. The van der Waals surface area contributed by atoms with Crippen LogP contribution in [0.5, 0.6) is 5.75 Å². The summed E-state index contributed by atoms with van der Waals surface area (Å²) in [6, 6.07) is 7.46. The first-order valence-corrected chi connectivity index (χ1v) is 15.1. The van der Waals surface area contributed by atoms with E-state index in [4.69, 9.17) is 18.9 Å². The molecule has 0 spiro atoms. The number of carbonyl (C=O) groups excluding carboxylic acids is 2. The molecule has 0 radical (unpaired) electrons. The first-order valence-electron chi connectivity index (χ1n) is 14.1. The monoisotopic (exact) mass is 571 g/mol. The van der Waals surface area contributed by atoms with E-state index >= 15 is 0 Å². The van der Waals surface area contributed by atoms with Crippen LogP contribution in [0.25, 0.3) is 0 Å². The molecule has 2 heterocycles. The van der Waals surface area contributed by atoms with Crippen LogP contribution in [0.2, 0.25) is 0 Å². The molecular formula is C32H45NO6S. The lowest BCUT2D eigenvalue weighted by atomic mass is 9.84. The minimum atomic E-state index is -1.00. The highest BCUT2D eigenvalue weighted by Crippen LogP contribution is 2.44. The fraction of sp³-hybridized carbons (Fsp3) is 0.562. The van der Waals surface area contributed by atoms with Gasteiger partial charge in [-0.25, -0.2) is 4.79 Å². The largest absolute Gasteiger partial charge is 0.497 e. The number of rotatable bonds is 15. The van der Waals surface area contributed by atoms with Gasteiger partial charge in [0.25, 0.3) is 5.24 Å². The zero-order valence-electron chi connectivity index (χ0n) is 24.4. The number of allylic oxidation sites excluding steroid dienone is 3. The van der Waals surface area contributed by atoms with Gasteiger partial charge in [-0.3, -0.25) is 4.79 Å². The summed E-state index contributed by atoms with van der Waals surface area (Å²) in [5.74, 6) is 0.395. The predicted molar refractivity (Wildman–Crippen MR) is 160 cm³/mol. The molecule has 1 aromatic rings. The zero-order chi connectivity index (χ0) is 29.1. The van der Waals surface area contributed by atoms with E-state index in [1.54, 1.807) is 20.3 Å². The third-order valence-corrected chi connectivity index (χ3v) is 8.75. The van der Waals surface area contributed by atoms with Crippen LogP contribution in [0.3, 0.4) is 0 Å². The molecule has 0 saturated carbocycles. The number of thioether (sulfide) groups is 1. The number of methoxy groups -OCH3 is 2. The number of amides is 1. The highest BCUT2D eigenvalue weighted by atomic mass is 32.2. The molecule has 1 amide bonds. The Labute approximate surface area is 243 Å². The predicted octanol–water partition coefficient (Wildman–Crippen LogP) is 6.93. The van der Waals surface area contributed by atoms with Crippen molar-refractivity contribution < 1.29 is 28.5 Å². The number of hydrogen-bond donors (Lipinski definition) is 0. The number of hydrogen-bond acceptors (Lipinski definition) is 7. The van der Waals surface area contributed by atoms with Gasteiger partial charge in [0, 0.05) is 37.8 Å². The number of benzene rings is 1. The zero-order valence-corrected chi connectivity index (χ0v) is 25.3. The minimum Gasteiger partial charge on any atom is -0.497 e. The van der Waals surface area contributed by atoms with Gasteiger partial charge in [0.2, 0.25) is 0 Å². The van der Waals surface area contributed by atoms with Crippen molar-refractivity contribution in [1.29, 1.82) is 0 Å². The van der Waals surface area contributed by atoms with Gasteiger partial charge in [0.1, 0.15) is 5.75 Å². The van der Waals surface area contributed by atoms with Gasteiger partial charge in [0.15, 0.2) is 5.79 Å². The van der Waals surface area contributed by atoms with Gasteiger partial charge in [-0.15, -0.1) is 13.2 Å². The molecule has 220 valence electrons. The van der Waals surface area contributed by atoms with Gasteiger partial charge >= 0.3 is 5.97 Å². The lowest BCUT2D eigenvalue weighted by molar-refractivity contribution is -0.301. The molecule has 2 fully saturated rings. The van der Waals surface area contributed by atoms with Crippen molar-refractivity contribution in [3.63, 3.8) is 0 Å². The Kier molecular flexibility index (Phi) is 12.3. The maximum absolute atomic E-state index is 13.1. The lowest BCUT2D eigenvalue weighted by Crippen LogP contribution is -2.59. The van der Waals surface area contributed by atoms with Gasteiger partial charge in [0.05, 0.1) is 25.9 Å². The summed E-state index contributed by atoms with van der Waals surface area (Å²) in [7, 11) is 3.29. The van der Waals surface area contributed by atoms with Crippen molar-refractivity contribution in [2.45, 2.75) is 76.9 Å². The summed E-state index contributed by atoms with van der Waals surface area (Å²) < 4.78 is 24.0. The van der Waals surface area contributed by atoms with Crippen LogP contribution in [0.4, 0.5) is 4.79 Å². The molecule has 8 heteroatoms. The van der Waals surface area contributed by atoms with Crippen molar-refractivity contribution in [3.05, 3.63) is 66.8 Å². The fourth-order valence-electron chi connectivity index (χ4n) is 5.35. The van der Waals surface area contributed by atoms with Gasteiger partial charge in [-0.05, 0) is 62.6 Å². The van der Waals surface area contributed by atoms with Crippen LogP contribution in [0, 0.1) is 11.8 Å². The van der Waals surface area contributed by atoms with E-state index in [1.165, 1.54) is 11.8 Å². The molecule has 2 aliphatic rings. The van der Waals surface area contributed by atoms with Crippen LogP contribution < -0.4 is 4.74 Å². The topological polar surface area (TPSA) is 74.3 Å². The summed E-state index contributed by atoms with van der Waals surface area (Å²) in [6.07, 6.45) is 9.92. The van der Waals surface area contributed by atoms with Gasteiger partial charge < -0.3 is 23.8 Å². The molecule has 0 aromatic heterocycles. The third-order valence-electron chi connectivity index (χ3n) is 7.79. The number of ether oxygens (including phenoxy) is 4. The molecule has 1 aromatic carbocycles. The van der Waals surface area contributed by atoms with Crippen molar-refractivity contribution in [1.82, 2.24) is 4.90 Å². The quantitative estimate of drug-likeness (QED) is 0.128. The molecule has 0 N–H and O–H groups in total. The Hall–Kier alpha value is -2.55. The Morgan fingerprint density at radius 2 is 2.02 bits per heavy atom. The molecule has 5 atom stereocenters. The molecule has 7 nitrogen and oxygen atoms in total. The first kappa shape index (κ1) is 32.0. The van der Waals surface area contributed by atoms with E-state index < -0.39 is 5.79 Å². The molecule has 40 heavy (non-hydrogen) atoms. The summed E-state index contributed by atoms with van der Waals surface area (Å²) in [5.41, 5.74) is 1.97. The average Bonchev–Trinajstić information content (AvgIpc) is 3.33. The lowest BCUT2D eigenvalue weighted by Gasteiger charge is -2.48. The Morgan fingerprint density at radius 1 is 1.27 bits per heavy atom. The van der Waals surface area contributed by atoms with Crippen LogP contribution in [0.1, 0.15) is 57.9 Å². The first-order chi connectivity index (χ1) is 19.2. The van der Waals surface area contributed by atoms with Crippen LogP contribution in [-0.2, 0) is 25.5 Å². The van der Waals surface area contributed by atoms with Crippen molar-refractivity contribution in [3.8, 4) is 5.75 Å². The smallest absolute Gasteiger partial charge is 0.330 e. The second-order valence-corrected chi connectivity index (χ2v) is 11.8. The Bertz CT molecular complexity index is 1040. The van der Waals surface area contributed by atoms with Crippen molar-refractivity contribution in [2.75, 3.05) is 26.6 Å². The van der Waals surface area contributed by atoms with E-state index in [0.717, 1.165) is 49.0 Å². The SMILES string of the molecule is C=CCC/C(C)=C\C(=O)OC[C@@H]1CC(CC[C@H](C)C=C)O[C@@](OC)([C@@H]2CSC(=O)N2Cc2ccc(OC)cc2)C1. The van der Waals surface area contributed by atoms with Crippen LogP contribution >= 0.6 is 11.8 Å². The van der Waals surface area contributed by atoms with Crippen LogP contribution in [0.15, 0.2) is 61.2 Å². The minimum absolute atomic E-state index is 0.00589. The molecular weight excluding hydrogens is 526 g/mol. The van der Waals surface area contributed by atoms with Crippen LogP contribution in [-0.4, -0.2) is 60.6 Å².